The SMILES string of the molecule is Cc1ccc2c(CC(=O)NCc3ccc4nc[nH]c4c3)cc(=O)oc2c1. The summed E-state index contributed by atoms with van der Waals surface area (Å²) >= 11 is 0. The summed E-state index contributed by atoms with van der Waals surface area (Å²) in [4.78, 5) is 31.3. The van der Waals surface area contributed by atoms with Crippen molar-refractivity contribution in [3.05, 3.63) is 75.9 Å². The number of rotatable bonds is 4. The van der Waals surface area contributed by atoms with Gasteiger partial charge in [-0.2, -0.15) is 0 Å². The van der Waals surface area contributed by atoms with Crippen LogP contribution in [0.1, 0.15) is 16.7 Å². The van der Waals surface area contributed by atoms with Gasteiger partial charge >= 0.3 is 5.63 Å². The lowest BCUT2D eigenvalue weighted by Crippen LogP contribution is -2.25. The minimum atomic E-state index is -0.449. The zero-order valence-electron chi connectivity index (χ0n) is 14.2. The molecule has 4 rings (SSSR count). The first kappa shape index (κ1) is 16.1. The van der Waals surface area contributed by atoms with Gasteiger partial charge in [-0.25, -0.2) is 9.78 Å². The Kier molecular flexibility index (Phi) is 4.01. The molecule has 0 aliphatic heterocycles. The Balaban J connectivity index is 1.51. The van der Waals surface area contributed by atoms with E-state index in [2.05, 4.69) is 15.3 Å². The van der Waals surface area contributed by atoms with Gasteiger partial charge in [-0.15, -0.1) is 0 Å². The summed E-state index contributed by atoms with van der Waals surface area (Å²) in [5.74, 6) is -0.151. The zero-order chi connectivity index (χ0) is 18.1. The lowest BCUT2D eigenvalue weighted by Gasteiger charge is -2.08. The second-order valence-electron chi connectivity index (χ2n) is 6.30. The first-order valence-electron chi connectivity index (χ1n) is 8.30. The summed E-state index contributed by atoms with van der Waals surface area (Å²) in [7, 11) is 0. The van der Waals surface area contributed by atoms with E-state index in [1.54, 1.807) is 12.4 Å². The molecule has 0 atom stereocenters. The Bertz CT molecular complexity index is 1170. The molecular weight excluding hydrogens is 330 g/mol. The van der Waals surface area contributed by atoms with Crippen LogP contribution in [0, 0.1) is 6.92 Å². The van der Waals surface area contributed by atoms with Crippen LogP contribution in [-0.4, -0.2) is 15.9 Å². The van der Waals surface area contributed by atoms with Gasteiger partial charge < -0.3 is 14.7 Å². The molecule has 6 heteroatoms. The van der Waals surface area contributed by atoms with E-state index in [9.17, 15) is 9.59 Å². The fraction of sp³-hybridized carbons (Fsp3) is 0.150. The number of benzene rings is 2. The molecule has 0 aliphatic carbocycles. The van der Waals surface area contributed by atoms with Crippen LogP contribution < -0.4 is 10.9 Å². The largest absolute Gasteiger partial charge is 0.423 e. The Morgan fingerprint density at radius 2 is 2.08 bits per heavy atom. The number of carbonyl (C=O) groups excluding carboxylic acids is 1. The molecule has 130 valence electrons. The smallest absolute Gasteiger partial charge is 0.336 e. The molecule has 6 nitrogen and oxygen atoms in total. The van der Waals surface area contributed by atoms with Crippen LogP contribution in [0.3, 0.4) is 0 Å². The van der Waals surface area contributed by atoms with E-state index >= 15 is 0 Å². The van der Waals surface area contributed by atoms with Crippen LogP contribution in [0.4, 0.5) is 0 Å². The minimum Gasteiger partial charge on any atom is -0.423 e. The third kappa shape index (κ3) is 3.21. The zero-order valence-corrected chi connectivity index (χ0v) is 14.2. The number of aromatic amines is 1. The molecule has 0 aliphatic rings. The van der Waals surface area contributed by atoms with E-state index in [1.165, 1.54) is 6.07 Å². The van der Waals surface area contributed by atoms with E-state index in [0.717, 1.165) is 27.5 Å². The number of imidazole rings is 1. The van der Waals surface area contributed by atoms with Gasteiger partial charge in [0.05, 0.1) is 23.8 Å². The number of amides is 1. The molecular formula is C20H17N3O3. The molecule has 0 bridgehead atoms. The predicted octanol–water partition coefficient (Wildman–Crippen LogP) is 2.84. The Hall–Kier alpha value is -3.41. The Morgan fingerprint density at radius 3 is 2.96 bits per heavy atom. The number of carbonyl (C=O) groups is 1. The van der Waals surface area contributed by atoms with E-state index in [-0.39, 0.29) is 12.3 Å². The third-order valence-corrected chi connectivity index (χ3v) is 4.31. The van der Waals surface area contributed by atoms with Crippen molar-refractivity contribution >= 4 is 27.9 Å². The van der Waals surface area contributed by atoms with Crippen molar-refractivity contribution in [2.45, 2.75) is 19.9 Å². The fourth-order valence-electron chi connectivity index (χ4n) is 3.01. The van der Waals surface area contributed by atoms with Crippen LogP contribution in [-0.2, 0) is 17.8 Å². The van der Waals surface area contributed by atoms with Gasteiger partial charge in [0, 0.05) is 18.0 Å². The van der Waals surface area contributed by atoms with Gasteiger partial charge in [0.2, 0.25) is 5.91 Å². The molecule has 0 unspecified atom stereocenters. The maximum Gasteiger partial charge on any atom is 0.336 e. The van der Waals surface area contributed by atoms with Gasteiger partial charge in [-0.05, 0) is 41.8 Å². The van der Waals surface area contributed by atoms with Crippen molar-refractivity contribution < 1.29 is 9.21 Å². The highest BCUT2D eigenvalue weighted by molar-refractivity contribution is 5.87. The topological polar surface area (TPSA) is 88.0 Å². The average molecular weight is 347 g/mol. The van der Waals surface area contributed by atoms with Crippen LogP contribution in [0.15, 0.2) is 58.0 Å². The molecule has 0 fully saturated rings. The third-order valence-electron chi connectivity index (χ3n) is 4.31. The highest BCUT2D eigenvalue weighted by Crippen LogP contribution is 2.19. The van der Waals surface area contributed by atoms with Crippen molar-refractivity contribution in [3.8, 4) is 0 Å². The Labute approximate surface area is 148 Å². The highest BCUT2D eigenvalue weighted by atomic mass is 16.4. The predicted molar refractivity (Wildman–Crippen MR) is 98.9 cm³/mol. The van der Waals surface area contributed by atoms with Crippen LogP contribution in [0.5, 0.6) is 0 Å². The van der Waals surface area contributed by atoms with Gasteiger partial charge in [0.1, 0.15) is 5.58 Å². The second kappa shape index (κ2) is 6.48. The molecule has 26 heavy (non-hydrogen) atoms. The van der Waals surface area contributed by atoms with Crippen LogP contribution in [0.2, 0.25) is 0 Å². The molecule has 2 N–H and O–H groups in total. The summed E-state index contributed by atoms with van der Waals surface area (Å²) in [5.41, 5.74) is 4.51. The minimum absolute atomic E-state index is 0.122. The monoisotopic (exact) mass is 347 g/mol. The van der Waals surface area contributed by atoms with Crippen LogP contribution in [0.25, 0.3) is 22.0 Å². The first-order chi connectivity index (χ1) is 12.6. The maximum atomic E-state index is 12.4. The number of fused-ring (bicyclic) bond motifs is 2. The molecule has 1 amide bonds. The summed E-state index contributed by atoms with van der Waals surface area (Å²) in [6.07, 6.45) is 1.76. The maximum absolute atomic E-state index is 12.4. The van der Waals surface area contributed by atoms with E-state index < -0.39 is 5.63 Å². The molecule has 0 spiro atoms. The van der Waals surface area contributed by atoms with Crippen molar-refractivity contribution in [1.82, 2.24) is 15.3 Å². The van der Waals surface area contributed by atoms with Gasteiger partial charge in [0.25, 0.3) is 0 Å². The van der Waals surface area contributed by atoms with Crippen molar-refractivity contribution in [3.63, 3.8) is 0 Å². The first-order valence-corrected chi connectivity index (χ1v) is 8.30. The molecule has 0 saturated carbocycles. The summed E-state index contributed by atoms with van der Waals surface area (Å²) in [5, 5.41) is 3.68. The number of aromatic nitrogens is 2. The molecule has 2 aromatic heterocycles. The number of nitrogens with one attached hydrogen (secondary N) is 2. The normalized spacial score (nSPS) is 11.1. The number of hydrogen-bond acceptors (Lipinski definition) is 4. The molecule has 4 aromatic rings. The second-order valence-corrected chi connectivity index (χ2v) is 6.30. The lowest BCUT2D eigenvalue weighted by molar-refractivity contribution is -0.120. The van der Waals surface area contributed by atoms with Crippen molar-refractivity contribution in [2.24, 2.45) is 0 Å². The van der Waals surface area contributed by atoms with Crippen molar-refractivity contribution in [1.29, 1.82) is 0 Å². The molecule has 2 aromatic carbocycles. The van der Waals surface area contributed by atoms with E-state index in [0.29, 0.717) is 17.7 Å². The summed E-state index contributed by atoms with van der Waals surface area (Å²) < 4.78 is 5.23. The average Bonchev–Trinajstić information content (AvgIpc) is 3.07. The van der Waals surface area contributed by atoms with E-state index in [1.807, 2.05) is 37.3 Å². The van der Waals surface area contributed by atoms with Gasteiger partial charge in [-0.3, -0.25) is 4.79 Å². The number of nitrogens with zero attached hydrogens (tertiary/aromatic N) is 1. The van der Waals surface area contributed by atoms with E-state index in [4.69, 9.17) is 4.42 Å². The molecule has 2 heterocycles. The molecule has 0 radical (unpaired) electrons. The Morgan fingerprint density at radius 1 is 1.19 bits per heavy atom. The lowest BCUT2D eigenvalue weighted by atomic mass is 10.1. The summed E-state index contributed by atoms with van der Waals surface area (Å²) in [6.45, 7) is 2.33. The highest BCUT2D eigenvalue weighted by Gasteiger charge is 2.10. The summed E-state index contributed by atoms with van der Waals surface area (Å²) in [6, 6.07) is 12.8. The molecule has 0 saturated heterocycles. The number of aryl methyl sites for hydroxylation is 1. The fourth-order valence-corrected chi connectivity index (χ4v) is 3.01. The number of hydrogen-bond donors (Lipinski definition) is 2. The van der Waals surface area contributed by atoms with Crippen molar-refractivity contribution in [2.75, 3.05) is 0 Å². The van der Waals surface area contributed by atoms with Crippen LogP contribution >= 0.6 is 0 Å². The van der Waals surface area contributed by atoms with Gasteiger partial charge in [-0.1, -0.05) is 18.2 Å². The number of H-pyrrole nitrogens is 1. The standard InChI is InChI=1S/C20H17N3O3/c1-12-2-4-15-14(9-20(25)26-18(15)6-12)8-19(24)21-10-13-3-5-16-17(7-13)23-11-22-16/h2-7,9,11H,8,10H2,1H3,(H,21,24)(H,22,23). The quantitative estimate of drug-likeness (QED) is 0.556. The van der Waals surface area contributed by atoms with Gasteiger partial charge in [0.15, 0.2) is 0 Å².